The van der Waals surface area contributed by atoms with E-state index in [1.54, 1.807) is 7.11 Å². The molecule has 2 rings (SSSR count). The Bertz CT molecular complexity index is 565. The average Bonchev–Trinajstić information content (AvgIpc) is 2.98. The highest BCUT2D eigenvalue weighted by Crippen LogP contribution is 2.31. The number of hydrogen-bond acceptors (Lipinski definition) is 4. The first-order chi connectivity index (χ1) is 9.06. The minimum Gasteiger partial charge on any atom is -0.496 e. The summed E-state index contributed by atoms with van der Waals surface area (Å²) in [5.74, 6) is 0.789. The summed E-state index contributed by atoms with van der Waals surface area (Å²) in [7, 11) is 3.53. The van der Waals surface area contributed by atoms with Gasteiger partial charge in [-0.1, -0.05) is 6.92 Å². The van der Waals surface area contributed by atoms with Gasteiger partial charge in [0.05, 0.1) is 29.1 Å². The van der Waals surface area contributed by atoms with E-state index in [1.165, 1.54) is 11.3 Å². The largest absolute Gasteiger partial charge is 0.496 e. The van der Waals surface area contributed by atoms with Crippen LogP contribution < -0.4 is 4.74 Å². The van der Waals surface area contributed by atoms with Crippen molar-refractivity contribution in [3.05, 3.63) is 32.2 Å². The molecule has 19 heavy (non-hydrogen) atoms. The fourth-order valence-electron chi connectivity index (χ4n) is 1.94. The van der Waals surface area contributed by atoms with Crippen LogP contribution in [0.4, 0.5) is 0 Å². The minimum atomic E-state index is -0.537. The van der Waals surface area contributed by atoms with Crippen molar-refractivity contribution < 1.29 is 9.84 Å². The molecule has 104 valence electrons. The highest BCUT2D eigenvalue weighted by atomic mass is 79.9. The summed E-state index contributed by atoms with van der Waals surface area (Å²) in [4.78, 5) is 0.906. The third-order valence-corrected chi connectivity index (χ3v) is 4.98. The summed E-state index contributed by atoms with van der Waals surface area (Å²) in [5, 5.41) is 16.6. The van der Waals surface area contributed by atoms with Crippen molar-refractivity contribution in [3.8, 4) is 5.75 Å². The predicted molar refractivity (Wildman–Crippen MR) is 79.8 cm³/mol. The van der Waals surface area contributed by atoms with Crippen molar-refractivity contribution in [1.82, 2.24) is 9.78 Å². The quantitative estimate of drug-likeness (QED) is 0.906. The fourth-order valence-corrected chi connectivity index (χ4v) is 3.56. The highest BCUT2D eigenvalue weighted by Gasteiger charge is 2.18. The van der Waals surface area contributed by atoms with Gasteiger partial charge in [0.15, 0.2) is 0 Å². The molecule has 0 aliphatic rings. The van der Waals surface area contributed by atoms with Gasteiger partial charge >= 0.3 is 0 Å². The lowest BCUT2D eigenvalue weighted by Gasteiger charge is -2.09. The number of aliphatic hydroxyl groups excluding tert-OH is 1. The van der Waals surface area contributed by atoms with Crippen LogP contribution in [0.3, 0.4) is 0 Å². The Morgan fingerprint density at radius 3 is 2.84 bits per heavy atom. The van der Waals surface area contributed by atoms with Crippen LogP contribution in [0.15, 0.2) is 15.9 Å². The maximum Gasteiger partial charge on any atom is 0.129 e. The molecule has 4 nitrogen and oxygen atoms in total. The summed E-state index contributed by atoms with van der Waals surface area (Å²) in [6.45, 7) is 2.07. The zero-order chi connectivity index (χ0) is 14.0. The number of methoxy groups -OCH3 is 1. The van der Waals surface area contributed by atoms with Crippen LogP contribution >= 0.6 is 27.3 Å². The third-order valence-electron chi connectivity index (χ3n) is 3.05. The Balaban J connectivity index is 2.18. The van der Waals surface area contributed by atoms with Gasteiger partial charge in [0.25, 0.3) is 0 Å². The van der Waals surface area contributed by atoms with Gasteiger partial charge in [0.2, 0.25) is 0 Å². The van der Waals surface area contributed by atoms with Crippen LogP contribution in [-0.4, -0.2) is 22.0 Å². The number of thiophene rings is 1. The second kappa shape index (κ2) is 6.07. The molecule has 1 N–H and O–H groups in total. The maximum atomic E-state index is 10.3. The SMILES string of the molecule is CCc1nn(C)c(CC(O)c2cc(OC)cs2)c1Br. The highest BCUT2D eigenvalue weighted by molar-refractivity contribution is 9.10. The molecule has 0 aliphatic heterocycles. The molecule has 0 fully saturated rings. The van der Waals surface area contributed by atoms with Gasteiger partial charge in [-0.3, -0.25) is 4.68 Å². The molecule has 1 atom stereocenters. The Hall–Kier alpha value is -0.850. The van der Waals surface area contributed by atoms with E-state index in [-0.39, 0.29) is 0 Å². The number of ether oxygens (including phenoxy) is 1. The zero-order valence-electron chi connectivity index (χ0n) is 11.2. The lowest BCUT2D eigenvalue weighted by Crippen LogP contribution is -2.05. The normalized spacial score (nSPS) is 12.7. The van der Waals surface area contributed by atoms with E-state index in [9.17, 15) is 5.11 Å². The molecular weight excluding hydrogens is 328 g/mol. The second-order valence-electron chi connectivity index (χ2n) is 4.29. The van der Waals surface area contributed by atoms with Crippen molar-refractivity contribution in [2.45, 2.75) is 25.9 Å². The van der Waals surface area contributed by atoms with Crippen molar-refractivity contribution in [2.75, 3.05) is 7.11 Å². The van der Waals surface area contributed by atoms with Crippen LogP contribution in [0, 0.1) is 0 Å². The first-order valence-electron chi connectivity index (χ1n) is 6.07. The lowest BCUT2D eigenvalue weighted by molar-refractivity contribution is 0.179. The van der Waals surface area contributed by atoms with Crippen molar-refractivity contribution in [2.24, 2.45) is 7.05 Å². The molecule has 1 unspecified atom stereocenters. The molecule has 2 aromatic heterocycles. The molecule has 0 aromatic carbocycles. The number of nitrogens with zero attached hydrogens (tertiary/aromatic N) is 2. The second-order valence-corrected chi connectivity index (χ2v) is 6.03. The van der Waals surface area contributed by atoms with Gasteiger partial charge < -0.3 is 9.84 Å². The molecule has 0 saturated carbocycles. The molecule has 6 heteroatoms. The lowest BCUT2D eigenvalue weighted by atomic mass is 10.1. The van der Waals surface area contributed by atoms with E-state index in [1.807, 2.05) is 23.2 Å². The predicted octanol–water partition coefficient (Wildman–Crippen LogP) is 3.09. The van der Waals surface area contributed by atoms with E-state index in [0.717, 1.165) is 32.9 Å². The monoisotopic (exact) mass is 344 g/mol. The fraction of sp³-hybridized carbons (Fsp3) is 0.462. The van der Waals surface area contributed by atoms with Crippen molar-refractivity contribution >= 4 is 27.3 Å². The summed E-state index contributed by atoms with van der Waals surface area (Å²) in [5.41, 5.74) is 2.03. The summed E-state index contributed by atoms with van der Waals surface area (Å²) < 4.78 is 7.97. The Kier molecular flexibility index (Phi) is 4.65. The number of aromatic nitrogens is 2. The van der Waals surface area contributed by atoms with E-state index in [0.29, 0.717) is 6.42 Å². The molecule has 2 aromatic rings. The molecule has 0 bridgehead atoms. The van der Waals surface area contributed by atoms with Gasteiger partial charge in [-0.15, -0.1) is 11.3 Å². The zero-order valence-corrected chi connectivity index (χ0v) is 13.6. The summed E-state index contributed by atoms with van der Waals surface area (Å²) >= 11 is 5.07. The smallest absolute Gasteiger partial charge is 0.129 e. The van der Waals surface area contributed by atoms with Crippen LogP contribution in [0.5, 0.6) is 5.75 Å². The Morgan fingerprint density at radius 1 is 1.58 bits per heavy atom. The Labute approximate surface area is 125 Å². The van der Waals surface area contributed by atoms with Gasteiger partial charge in [-0.2, -0.15) is 5.10 Å². The first-order valence-corrected chi connectivity index (χ1v) is 7.74. The van der Waals surface area contributed by atoms with Crippen LogP contribution in [-0.2, 0) is 19.9 Å². The molecule has 0 spiro atoms. The van der Waals surface area contributed by atoms with Gasteiger partial charge in [-0.05, 0) is 28.4 Å². The van der Waals surface area contributed by atoms with Crippen LogP contribution in [0.1, 0.15) is 29.3 Å². The molecule has 0 radical (unpaired) electrons. The van der Waals surface area contributed by atoms with E-state index < -0.39 is 6.10 Å². The van der Waals surface area contributed by atoms with Crippen molar-refractivity contribution in [1.29, 1.82) is 0 Å². The van der Waals surface area contributed by atoms with Crippen molar-refractivity contribution in [3.63, 3.8) is 0 Å². The first kappa shape index (κ1) is 14.6. The number of aliphatic hydroxyl groups is 1. The molecule has 0 aliphatic carbocycles. The molecule has 2 heterocycles. The third kappa shape index (κ3) is 3.01. The summed E-state index contributed by atoms with van der Waals surface area (Å²) in [6, 6.07) is 1.88. The Morgan fingerprint density at radius 2 is 2.32 bits per heavy atom. The summed E-state index contributed by atoms with van der Waals surface area (Å²) in [6.07, 6.45) is 0.871. The maximum absolute atomic E-state index is 10.3. The molecule has 0 saturated heterocycles. The van der Waals surface area contributed by atoms with E-state index in [4.69, 9.17) is 4.74 Å². The van der Waals surface area contributed by atoms with Crippen LogP contribution in [0.25, 0.3) is 0 Å². The number of rotatable bonds is 5. The topological polar surface area (TPSA) is 47.3 Å². The number of hydrogen-bond donors (Lipinski definition) is 1. The van der Waals surface area contributed by atoms with Gasteiger partial charge in [0, 0.05) is 23.7 Å². The standard InChI is InChI=1S/C13H17BrN2O2S/c1-4-9-13(14)10(16(2)15-9)6-11(17)12-5-8(18-3)7-19-12/h5,7,11,17H,4,6H2,1-3H3. The molecule has 0 amide bonds. The van der Waals surface area contributed by atoms with E-state index >= 15 is 0 Å². The van der Waals surface area contributed by atoms with Gasteiger partial charge in [-0.25, -0.2) is 0 Å². The molecular formula is C13H17BrN2O2S. The average molecular weight is 345 g/mol. The number of halogens is 1. The van der Waals surface area contributed by atoms with Crippen LogP contribution in [0.2, 0.25) is 0 Å². The number of aryl methyl sites for hydroxylation is 2. The minimum absolute atomic E-state index is 0.535. The van der Waals surface area contributed by atoms with E-state index in [2.05, 4.69) is 28.0 Å². The van der Waals surface area contributed by atoms with Gasteiger partial charge in [0.1, 0.15) is 5.75 Å².